The Morgan fingerprint density at radius 2 is 1.80 bits per heavy atom. The van der Waals surface area contributed by atoms with Crippen LogP contribution in [0.3, 0.4) is 0 Å². The summed E-state index contributed by atoms with van der Waals surface area (Å²) in [5.74, 6) is 0.0161. The molecule has 0 radical (unpaired) electrons. The number of azo groups is 1. The molecule has 0 saturated heterocycles. The summed E-state index contributed by atoms with van der Waals surface area (Å²) in [4.78, 5) is 10.4. The molecule has 2 rings (SSSR count). The highest BCUT2D eigenvalue weighted by atomic mass is 16.6. The molecule has 2 aromatic carbocycles. The van der Waals surface area contributed by atoms with Gasteiger partial charge in [-0.05, 0) is 37.6 Å². The van der Waals surface area contributed by atoms with Gasteiger partial charge in [0.2, 0.25) is 0 Å². The molecule has 0 aromatic heterocycles. The number of rotatable bonds is 3. The number of phenolic OH excluding ortho intramolecular Hbond substituents is 1. The van der Waals surface area contributed by atoms with Gasteiger partial charge in [-0.3, -0.25) is 10.1 Å². The molecular weight excluding hydrogens is 258 g/mol. The Labute approximate surface area is 115 Å². The predicted molar refractivity (Wildman–Crippen MR) is 74.9 cm³/mol. The summed E-state index contributed by atoms with van der Waals surface area (Å²) in [6.07, 6.45) is 0. The van der Waals surface area contributed by atoms with Gasteiger partial charge in [0.15, 0.2) is 0 Å². The van der Waals surface area contributed by atoms with Crippen molar-refractivity contribution in [3.63, 3.8) is 0 Å². The van der Waals surface area contributed by atoms with Gasteiger partial charge >= 0.3 is 0 Å². The van der Waals surface area contributed by atoms with Crippen molar-refractivity contribution in [1.82, 2.24) is 0 Å². The van der Waals surface area contributed by atoms with Gasteiger partial charge in [-0.1, -0.05) is 12.1 Å². The molecule has 0 aliphatic rings. The smallest absolute Gasteiger partial charge is 0.274 e. The Morgan fingerprint density at radius 3 is 2.50 bits per heavy atom. The third-order valence-corrected chi connectivity index (χ3v) is 2.87. The molecule has 0 fully saturated rings. The molecule has 0 amide bonds. The van der Waals surface area contributed by atoms with Crippen molar-refractivity contribution in [3.05, 3.63) is 57.6 Å². The summed E-state index contributed by atoms with van der Waals surface area (Å²) in [5, 5.41) is 28.4. The van der Waals surface area contributed by atoms with E-state index in [1.54, 1.807) is 31.2 Å². The summed E-state index contributed by atoms with van der Waals surface area (Å²) < 4.78 is 0. The van der Waals surface area contributed by atoms with Crippen LogP contribution in [0, 0.1) is 24.0 Å². The molecule has 20 heavy (non-hydrogen) atoms. The summed E-state index contributed by atoms with van der Waals surface area (Å²) in [5.41, 5.74) is 2.10. The van der Waals surface area contributed by atoms with Crippen LogP contribution in [0.5, 0.6) is 5.75 Å². The topological polar surface area (TPSA) is 88.1 Å². The van der Waals surface area contributed by atoms with E-state index in [0.717, 1.165) is 5.56 Å². The van der Waals surface area contributed by atoms with Crippen molar-refractivity contribution in [2.75, 3.05) is 0 Å². The van der Waals surface area contributed by atoms with Gasteiger partial charge < -0.3 is 5.11 Å². The zero-order chi connectivity index (χ0) is 14.7. The van der Waals surface area contributed by atoms with Crippen LogP contribution in [0.2, 0.25) is 0 Å². The van der Waals surface area contributed by atoms with Gasteiger partial charge in [-0.25, -0.2) is 0 Å². The molecular formula is C14H13N3O3. The van der Waals surface area contributed by atoms with E-state index in [9.17, 15) is 15.2 Å². The number of aromatic hydroxyl groups is 1. The molecule has 0 aliphatic carbocycles. The van der Waals surface area contributed by atoms with Crippen molar-refractivity contribution in [3.8, 4) is 5.75 Å². The largest absolute Gasteiger partial charge is 0.506 e. The molecule has 1 N–H and O–H groups in total. The summed E-state index contributed by atoms with van der Waals surface area (Å²) in [6.45, 7) is 3.49. The minimum Gasteiger partial charge on any atom is -0.506 e. The summed E-state index contributed by atoms with van der Waals surface area (Å²) in [6, 6.07) is 9.58. The number of benzene rings is 2. The second kappa shape index (κ2) is 5.48. The number of hydrogen-bond donors (Lipinski definition) is 1. The van der Waals surface area contributed by atoms with Crippen molar-refractivity contribution < 1.29 is 10.0 Å². The second-order valence-electron chi connectivity index (χ2n) is 4.37. The molecule has 6 heteroatoms. The predicted octanol–water partition coefficient (Wildman–Crippen LogP) is 4.33. The molecule has 2 aromatic rings. The number of nitro groups is 1. The van der Waals surface area contributed by atoms with Crippen molar-refractivity contribution >= 4 is 17.1 Å². The summed E-state index contributed by atoms with van der Waals surface area (Å²) in [7, 11) is 0. The standard InChI is InChI=1S/C14H13N3O3/c1-9-6-7-14(18)12(8-9)16-15-11-4-3-5-13(10(11)2)17(19)20/h3-8,18H,1-2H3. The van der Waals surface area contributed by atoms with E-state index < -0.39 is 4.92 Å². The SMILES string of the molecule is Cc1ccc(O)c(N=Nc2cccc([N+](=O)[O-])c2C)c1. The molecule has 0 saturated carbocycles. The van der Waals surface area contributed by atoms with Crippen LogP contribution >= 0.6 is 0 Å². The van der Waals surface area contributed by atoms with Gasteiger partial charge in [0.25, 0.3) is 5.69 Å². The van der Waals surface area contributed by atoms with Crippen LogP contribution in [0.4, 0.5) is 17.1 Å². The number of hydrogen-bond acceptors (Lipinski definition) is 5. The van der Waals surface area contributed by atoms with Gasteiger partial charge in [-0.15, -0.1) is 10.2 Å². The van der Waals surface area contributed by atoms with E-state index in [1.165, 1.54) is 12.1 Å². The first-order chi connectivity index (χ1) is 9.49. The van der Waals surface area contributed by atoms with Crippen LogP contribution in [-0.2, 0) is 0 Å². The molecule has 0 aliphatic heterocycles. The zero-order valence-corrected chi connectivity index (χ0v) is 11.1. The van der Waals surface area contributed by atoms with Crippen LogP contribution in [0.25, 0.3) is 0 Å². The third-order valence-electron chi connectivity index (χ3n) is 2.87. The first-order valence-corrected chi connectivity index (χ1v) is 5.94. The minimum absolute atomic E-state index is 0.00471. The van der Waals surface area contributed by atoms with Crippen LogP contribution < -0.4 is 0 Å². The van der Waals surface area contributed by atoms with Gasteiger partial charge in [0.1, 0.15) is 11.4 Å². The van der Waals surface area contributed by atoms with E-state index in [1.807, 2.05) is 6.92 Å². The number of phenols is 1. The lowest BCUT2D eigenvalue weighted by atomic mass is 10.1. The average Bonchev–Trinajstić information content (AvgIpc) is 2.41. The number of aryl methyl sites for hydroxylation is 1. The Balaban J connectivity index is 2.39. The average molecular weight is 271 g/mol. The van der Waals surface area contributed by atoms with Crippen molar-refractivity contribution in [1.29, 1.82) is 0 Å². The van der Waals surface area contributed by atoms with Crippen LogP contribution in [0.1, 0.15) is 11.1 Å². The van der Waals surface area contributed by atoms with E-state index in [4.69, 9.17) is 0 Å². The molecule has 0 heterocycles. The highest BCUT2D eigenvalue weighted by molar-refractivity contribution is 5.57. The fraction of sp³-hybridized carbons (Fsp3) is 0.143. The molecule has 0 spiro atoms. The Morgan fingerprint density at radius 1 is 1.10 bits per heavy atom. The van der Waals surface area contributed by atoms with Crippen molar-refractivity contribution in [2.24, 2.45) is 10.2 Å². The first kappa shape index (κ1) is 13.7. The van der Waals surface area contributed by atoms with Gasteiger partial charge in [-0.2, -0.15) is 0 Å². The lowest BCUT2D eigenvalue weighted by Gasteiger charge is -2.01. The maximum atomic E-state index is 10.8. The van der Waals surface area contributed by atoms with Gasteiger partial charge in [0.05, 0.1) is 16.2 Å². The third kappa shape index (κ3) is 2.80. The second-order valence-corrected chi connectivity index (χ2v) is 4.37. The monoisotopic (exact) mass is 271 g/mol. The van der Waals surface area contributed by atoms with Crippen LogP contribution in [-0.4, -0.2) is 10.0 Å². The fourth-order valence-corrected chi connectivity index (χ4v) is 1.74. The van der Waals surface area contributed by atoms with Gasteiger partial charge in [0, 0.05) is 6.07 Å². The normalized spacial score (nSPS) is 10.9. The Kier molecular flexibility index (Phi) is 3.74. The summed E-state index contributed by atoms with van der Waals surface area (Å²) >= 11 is 0. The lowest BCUT2D eigenvalue weighted by molar-refractivity contribution is -0.385. The quantitative estimate of drug-likeness (QED) is 0.511. The maximum Gasteiger partial charge on any atom is 0.274 e. The molecule has 0 atom stereocenters. The molecule has 102 valence electrons. The minimum atomic E-state index is -0.460. The van der Waals surface area contributed by atoms with Crippen LogP contribution in [0.15, 0.2) is 46.6 Å². The fourth-order valence-electron chi connectivity index (χ4n) is 1.74. The van der Waals surface area contributed by atoms with Crippen molar-refractivity contribution in [2.45, 2.75) is 13.8 Å². The molecule has 6 nitrogen and oxygen atoms in total. The Bertz CT molecular complexity index is 696. The lowest BCUT2D eigenvalue weighted by Crippen LogP contribution is -1.90. The van der Waals surface area contributed by atoms with E-state index in [-0.39, 0.29) is 11.4 Å². The van der Waals surface area contributed by atoms with E-state index in [0.29, 0.717) is 16.9 Å². The highest BCUT2D eigenvalue weighted by Crippen LogP contribution is 2.32. The first-order valence-electron chi connectivity index (χ1n) is 5.94. The maximum absolute atomic E-state index is 10.8. The van der Waals surface area contributed by atoms with E-state index in [2.05, 4.69) is 10.2 Å². The number of nitro benzene ring substituents is 1. The van der Waals surface area contributed by atoms with E-state index >= 15 is 0 Å². The number of nitrogens with zero attached hydrogens (tertiary/aromatic N) is 3. The zero-order valence-electron chi connectivity index (χ0n) is 11.1. The highest BCUT2D eigenvalue weighted by Gasteiger charge is 2.12. The Hall–Kier alpha value is -2.76. The molecule has 0 bridgehead atoms. The molecule has 0 unspecified atom stereocenters.